The third kappa shape index (κ3) is 3.75. The summed E-state index contributed by atoms with van der Waals surface area (Å²) in [5.41, 5.74) is 1.63. The van der Waals surface area contributed by atoms with Crippen LogP contribution in [0.1, 0.15) is 24.1 Å². The number of benzene rings is 1. The van der Waals surface area contributed by atoms with Gasteiger partial charge in [-0.05, 0) is 31.0 Å². The molecule has 1 atom stereocenters. The lowest BCUT2D eigenvalue weighted by Crippen LogP contribution is -2.12. The van der Waals surface area contributed by atoms with E-state index in [2.05, 4.69) is 25.6 Å². The molecule has 0 amide bonds. The summed E-state index contributed by atoms with van der Waals surface area (Å²) in [4.78, 5) is 23.5. The van der Waals surface area contributed by atoms with E-state index >= 15 is 0 Å². The molecular formula is C18H18N6O2. The lowest BCUT2D eigenvalue weighted by atomic mass is 10.1. The summed E-state index contributed by atoms with van der Waals surface area (Å²) in [6.07, 6.45) is 2.90. The summed E-state index contributed by atoms with van der Waals surface area (Å²) < 4.78 is 0. The first-order valence-corrected chi connectivity index (χ1v) is 8.05. The zero-order chi connectivity index (χ0) is 18.5. The highest BCUT2D eigenvalue weighted by atomic mass is 16.6. The molecule has 1 aromatic carbocycles. The van der Waals surface area contributed by atoms with Crippen molar-refractivity contribution in [3.63, 3.8) is 0 Å². The maximum atomic E-state index is 11.7. The number of nitrogens with zero attached hydrogens (tertiary/aromatic N) is 4. The molecule has 0 aliphatic heterocycles. The van der Waals surface area contributed by atoms with E-state index in [-0.39, 0.29) is 23.4 Å². The van der Waals surface area contributed by atoms with Crippen molar-refractivity contribution < 1.29 is 4.92 Å². The molecule has 3 rings (SSSR count). The molecule has 8 nitrogen and oxygen atoms in total. The van der Waals surface area contributed by atoms with Crippen LogP contribution in [0.4, 0.5) is 23.1 Å². The molecular weight excluding hydrogens is 332 g/mol. The van der Waals surface area contributed by atoms with Crippen molar-refractivity contribution in [3.05, 3.63) is 76.2 Å². The summed E-state index contributed by atoms with van der Waals surface area (Å²) in [6.45, 7) is 3.77. The van der Waals surface area contributed by atoms with E-state index in [4.69, 9.17) is 0 Å². The highest BCUT2D eigenvalue weighted by molar-refractivity contribution is 5.73. The Balaban J connectivity index is 1.94. The maximum absolute atomic E-state index is 11.7. The van der Waals surface area contributed by atoms with E-state index in [9.17, 15) is 10.1 Å². The number of aryl methyl sites for hydroxylation is 1. The molecule has 2 heterocycles. The minimum absolute atomic E-state index is 0.0922. The Bertz CT molecular complexity index is 917. The number of nitro groups is 1. The van der Waals surface area contributed by atoms with E-state index < -0.39 is 4.92 Å². The van der Waals surface area contributed by atoms with Gasteiger partial charge in [0, 0.05) is 6.20 Å². The number of pyridine rings is 1. The van der Waals surface area contributed by atoms with E-state index in [0.717, 1.165) is 11.1 Å². The molecule has 2 N–H and O–H groups in total. The fourth-order valence-corrected chi connectivity index (χ4v) is 2.51. The number of hydrogen-bond donors (Lipinski definition) is 2. The molecule has 8 heteroatoms. The lowest BCUT2D eigenvalue weighted by Gasteiger charge is -2.16. The summed E-state index contributed by atoms with van der Waals surface area (Å²) in [6, 6.07) is 13.1. The Morgan fingerprint density at radius 1 is 1.00 bits per heavy atom. The Morgan fingerprint density at radius 3 is 2.42 bits per heavy atom. The van der Waals surface area contributed by atoms with E-state index in [1.165, 1.54) is 6.33 Å². The largest absolute Gasteiger partial charge is 0.358 e. The van der Waals surface area contributed by atoms with Crippen LogP contribution in [0.25, 0.3) is 0 Å². The summed E-state index contributed by atoms with van der Waals surface area (Å²) in [7, 11) is 0. The predicted molar refractivity (Wildman–Crippen MR) is 99.4 cm³/mol. The normalized spacial score (nSPS) is 11.6. The predicted octanol–water partition coefficient (Wildman–Crippen LogP) is 4.00. The third-order valence-corrected chi connectivity index (χ3v) is 3.90. The summed E-state index contributed by atoms with van der Waals surface area (Å²) >= 11 is 0. The Kier molecular flexibility index (Phi) is 5.02. The Labute approximate surface area is 150 Å². The molecule has 0 aliphatic carbocycles. The molecule has 0 radical (unpaired) electrons. The minimum Gasteiger partial charge on any atom is -0.358 e. The second-order valence-corrected chi connectivity index (χ2v) is 5.75. The van der Waals surface area contributed by atoms with Crippen LogP contribution in [0.2, 0.25) is 0 Å². The SMILES string of the molecule is Cc1cccnc1Nc1ncnc(NC(C)c2ccccc2)c1[N+](=O)[O-]. The number of aromatic nitrogens is 3. The molecule has 0 bridgehead atoms. The second kappa shape index (κ2) is 7.56. The van der Waals surface area contributed by atoms with Crippen molar-refractivity contribution in [2.24, 2.45) is 0 Å². The molecule has 132 valence electrons. The molecule has 0 fully saturated rings. The van der Waals surface area contributed by atoms with Crippen molar-refractivity contribution in [1.82, 2.24) is 15.0 Å². The van der Waals surface area contributed by atoms with Gasteiger partial charge in [-0.2, -0.15) is 0 Å². The molecule has 2 aromatic heterocycles. The first-order valence-electron chi connectivity index (χ1n) is 8.05. The van der Waals surface area contributed by atoms with Gasteiger partial charge in [0.1, 0.15) is 12.1 Å². The number of hydrogen-bond acceptors (Lipinski definition) is 7. The van der Waals surface area contributed by atoms with Gasteiger partial charge in [-0.25, -0.2) is 15.0 Å². The molecule has 26 heavy (non-hydrogen) atoms. The molecule has 3 aromatic rings. The van der Waals surface area contributed by atoms with Crippen LogP contribution in [0.3, 0.4) is 0 Å². The lowest BCUT2D eigenvalue weighted by molar-refractivity contribution is -0.383. The van der Waals surface area contributed by atoms with Gasteiger partial charge in [-0.1, -0.05) is 36.4 Å². The quantitative estimate of drug-likeness (QED) is 0.511. The molecule has 0 spiro atoms. The molecule has 1 unspecified atom stereocenters. The number of rotatable bonds is 6. The first-order chi connectivity index (χ1) is 12.6. The Morgan fingerprint density at radius 2 is 1.73 bits per heavy atom. The Hall–Kier alpha value is -3.55. The van der Waals surface area contributed by atoms with Gasteiger partial charge in [-0.3, -0.25) is 10.1 Å². The van der Waals surface area contributed by atoms with Crippen LogP contribution in [0.15, 0.2) is 55.0 Å². The number of nitrogens with one attached hydrogen (secondary N) is 2. The highest BCUT2D eigenvalue weighted by Crippen LogP contribution is 2.33. The monoisotopic (exact) mass is 350 g/mol. The van der Waals surface area contributed by atoms with E-state index in [1.807, 2.05) is 50.2 Å². The van der Waals surface area contributed by atoms with Gasteiger partial charge >= 0.3 is 5.69 Å². The molecule has 0 saturated heterocycles. The summed E-state index contributed by atoms with van der Waals surface area (Å²) in [5.74, 6) is 0.753. The fraction of sp³-hybridized carbons (Fsp3) is 0.167. The van der Waals surface area contributed by atoms with Gasteiger partial charge in [0.15, 0.2) is 0 Å². The highest BCUT2D eigenvalue weighted by Gasteiger charge is 2.25. The van der Waals surface area contributed by atoms with Crippen molar-refractivity contribution in [3.8, 4) is 0 Å². The van der Waals surface area contributed by atoms with Crippen molar-refractivity contribution in [1.29, 1.82) is 0 Å². The topological polar surface area (TPSA) is 106 Å². The van der Waals surface area contributed by atoms with Gasteiger partial charge in [0.25, 0.3) is 0 Å². The zero-order valence-corrected chi connectivity index (χ0v) is 14.4. The van der Waals surface area contributed by atoms with Gasteiger partial charge in [-0.15, -0.1) is 0 Å². The maximum Gasteiger partial charge on any atom is 0.353 e. The minimum atomic E-state index is -0.499. The molecule has 0 aliphatic rings. The van der Waals surface area contributed by atoms with E-state index in [0.29, 0.717) is 5.82 Å². The average molecular weight is 350 g/mol. The molecule has 0 saturated carbocycles. The smallest absolute Gasteiger partial charge is 0.353 e. The first kappa shape index (κ1) is 17.3. The van der Waals surface area contributed by atoms with Crippen molar-refractivity contribution in [2.75, 3.05) is 10.6 Å². The number of anilines is 3. The second-order valence-electron chi connectivity index (χ2n) is 5.75. The van der Waals surface area contributed by atoms with Crippen LogP contribution in [-0.2, 0) is 0 Å². The van der Waals surface area contributed by atoms with E-state index in [1.54, 1.807) is 12.3 Å². The van der Waals surface area contributed by atoms with Crippen LogP contribution < -0.4 is 10.6 Å². The third-order valence-electron chi connectivity index (χ3n) is 3.90. The van der Waals surface area contributed by atoms with Gasteiger partial charge < -0.3 is 10.6 Å². The zero-order valence-electron chi connectivity index (χ0n) is 14.4. The van der Waals surface area contributed by atoms with Crippen LogP contribution in [-0.4, -0.2) is 19.9 Å². The van der Waals surface area contributed by atoms with Crippen molar-refractivity contribution in [2.45, 2.75) is 19.9 Å². The van der Waals surface area contributed by atoms with Crippen LogP contribution in [0, 0.1) is 17.0 Å². The average Bonchev–Trinajstić information content (AvgIpc) is 2.64. The standard InChI is InChI=1S/C18H18N6O2/c1-12-7-6-10-19-16(12)23-18-15(24(25)26)17(20-11-21-18)22-13(2)14-8-4-3-5-9-14/h3-11,13H,1-2H3,(H2,19,20,21,22,23). The fourth-order valence-electron chi connectivity index (χ4n) is 2.51. The van der Waals surface area contributed by atoms with Gasteiger partial charge in [0.05, 0.1) is 11.0 Å². The van der Waals surface area contributed by atoms with Gasteiger partial charge in [0.2, 0.25) is 11.6 Å². The van der Waals surface area contributed by atoms with Crippen molar-refractivity contribution >= 4 is 23.1 Å². The van der Waals surface area contributed by atoms with Crippen LogP contribution >= 0.6 is 0 Å². The van der Waals surface area contributed by atoms with Crippen LogP contribution in [0.5, 0.6) is 0 Å². The summed E-state index contributed by atoms with van der Waals surface area (Å²) in [5, 5.41) is 17.7.